The van der Waals surface area contributed by atoms with Crippen LogP contribution in [-0.4, -0.2) is 12.6 Å². The lowest BCUT2D eigenvalue weighted by Crippen LogP contribution is -2.35. The van der Waals surface area contributed by atoms with Crippen LogP contribution < -0.4 is 10.6 Å². The average molecular weight is 300 g/mol. The van der Waals surface area contributed by atoms with Crippen molar-refractivity contribution in [3.8, 4) is 0 Å². The van der Waals surface area contributed by atoms with Gasteiger partial charge >= 0.3 is 6.03 Å². The number of unbranched alkanes of at least 4 members (excludes halogenated alkanes) is 1. The summed E-state index contributed by atoms with van der Waals surface area (Å²) in [4.78, 5) is 11.6. The van der Waals surface area contributed by atoms with Crippen LogP contribution in [0.3, 0.4) is 0 Å². The van der Waals surface area contributed by atoms with Gasteiger partial charge in [-0.3, -0.25) is 0 Å². The summed E-state index contributed by atoms with van der Waals surface area (Å²) in [5.74, 6) is -0.272. The summed E-state index contributed by atoms with van der Waals surface area (Å²) in [7, 11) is 0. The molecule has 22 heavy (non-hydrogen) atoms. The molecule has 0 unspecified atom stereocenters. The SMILES string of the molecule is O=C(NCCCCc1ccccc1)NCc1ccc(F)cc1. The minimum Gasteiger partial charge on any atom is -0.338 e. The molecule has 116 valence electrons. The van der Waals surface area contributed by atoms with E-state index in [1.807, 2.05) is 18.2 Å². The second-order valence-corrected chi connectivity index (χ2v) is 5.18. The van der Waals surface area contributed by atoms with Crippen LogP contribution in [0.2, 0.25) is 0 Å². The van der Waals surface area contributed by atoms with Gasteiger partial charge in [0.25, 0.3) is 0 Å². The van der Waals surface area contributed by atoms with Crippen molar-refractivity contribution in [1.29, 1.82) is 0 Å². The quantitative estimate of drug-likeness (QED) is 0.753. The van der Waals surface area contributed by atoms with Gasteiger partial charge in [-0.05, 0) is 42.5 Å². The fourth-order valence-corrected chi connectivity index (χ4v) is 2.15. The molecule has 0 radical (unpaired) electrons. The van der Waals surface area contributed by atoms with Gasteiger partial charge in [0.05, 0.1) is 0 Å². The molecule has 0 aromatic heterocycles. The zero-order chi connectivity index (χ0) is 15.6. The topological polar surface area (TPSA) is 41.1 Å². The fraction of sp³-hybridized carbons (Fsp3) is 0.278. The van der Waals surface area contributed by atoms with Crippen molar-refractivity contribution in [1.82, 2.24) is 10.6 Å². The molecule has 0 aliphatic rings. The molecule has 4 heteroatoms. The Balaban J connectivity index is 1.55. The fourth-order valence-electron chi connectivity index (χ4n) is 2.15. The Kier molecular flexibility index (Phi) is 6.42. The van der Waals surface area contributed by atoms with Crippen LogP contribution in [0.4, 0.5) is 9.18 Å². The predicted octanol–water partition coefficient (Wildman–Crippen LogP) is 3.65. The number of aryl methyl sites for hydroxylation is 1. The Labute approximate surface area is 130 Å². The van der Waals surface area contributed by atoms with E-state index < -0.39 is 0 Å². The minimum absolute atomic E-state index is 0.191. The number of nitrogens with one attached hydrogen (secondary N) is 2. The molecular formula is C18H21FN2O. The predicted molar refractivity (Wildman–Crippen MR) is 86.0 cm³/mol. The van der Waals surface area contributed by atoms with E-state index in [0.717, 1.165) is 24.8 Å². The highest BCUT2D eigenvalue weighted by Crippen LogP contribution is 2.04. The van der Waals surface area contributed by atoms with E-state index in [0.29, 0.717) is 13.1 Å². The van der Waals surface area contributed by atoms with Crippen LogP contribution >= 0.6 is 0 Å². The number of hydrogen-bond acceptors (Lipinski definition) is 1. The van der Waals surface area contributed by atoms with E-state index in [2.05, 4.69) is 22.8 Å². The third-order valence-electron chi connectivity index (χ3n) is 3.39. The van der Waals surface area contributed by atoms with Crippen molar-refractivity contribution in [3.63, 3.8) is 0 Å². The maximum Gasteiger partial charge on any atom is 0.315 e. The molecule has 0 aliphatic heterocycles. The molecule has 2 aromatic rings. The lowest BCUT2D eigenvalue weighted by atomic mass is 10.1. The number of halogens is 1. The molecule has 0 atom stereocenters. The first-order chi connectivity index (χ1) is 10.7. The molecule has 2 rings (SSSR count). The molecule has 0 spiro atoms. The van der Waals surface area contributed by atoms with Gasteiger partial charge in [0.2, 0.25) is 0 Å². The standard InChI is InChI=1S/C18H21FN2O/c19-17-11-9-16(10-12-17)14-21-18(22)20-13-5-4-8-15-6-2-1-3-7-15/h1-3,6-7,9-12H,4-5,8,13-14H2,(H2,20,21,22). The Morgan fingerprint density at radius 2 is 1.59 bits per heavy atom. The van der Waals surface area contributed by atoms with Crippen molar-refractivity contribution in [2.24, 2.45) is 0 Å². The Morgan fingerprint density at radius 1 is 0.864 bits per heavy atom. The van der Waals surface area contributed by atoms with Crippen molar-refractivity contribution in [3.05, 3.63) is 71.5 Å². The highest BCUT2D eigenvalue weighted by Gasteiger charge is 2.00. The number of carbonyl (C=O) groups is 1. The van der Waals surface area contributed by atoms with Gasteiger partial charge in [-0.25, -0.2) is 9.18 Å². The number of benzene rings is 2. The molecule has 3 nitrogen and oxygen atoms in total. The van der Waals surface area contributed by atoms with Crippen LogP contribution in [0.25, 0.3) is 0 Å². The van der Waals surface area contributed by atoms with Crippen molar-refractivity contribution >= 4 is 6.03 Å². The molecule has 0 saturated carbocycles. The van der Waals surface area contributed by atoms with Crippen molar-refractivity contribution in [2.45, 2.75) is 25.8 Å². The van der Waals surface area contributed by atoms with Gasteiger partial charge in [0.15, 0.2) is 0 Å². The normalized spacial score (nSPS) is 10.2. The summed E-state index contributed by atoms with van der Waals surface area (Å²) in [5.41, 5.74) is 2.20. The van der Waals surface area contributed by atoms with E-state index >= 15 is 0 Å². The molecule has 0 fully saturated rings. The second kappa shape index (κ2) is 8.82. The first kappa shape index (κ1) is 16.0. The summed E-state index contributed by atoms with van der Waals surface area (Å²) in [5, 5.41) is 5.58. The third kappa shape index (κ3) is 5.95. The molecule has 0 bridgehead atoms. The third-order valence-corrected chi connectivity index (χ3v) is 3.39. The van der Waals surface area contributed by atoms with Crippen LogP contribution in [0, 0.1) is 5.82 Å². The molecule has 0 aliphatic carbocycles. The Morgan fingerprint density at radius 3 is 2.32 bits per heavy atom. The summed E-state index contributed by atoms with van der Waals surface area (Å²) < 4.78 is 12.7. The van der Waals surface area contributed by atoms with Gasteiger partial charge in [-0.2, -0.15) is 0 Å². The number of carbonyl (C=O) groups excluding carboxylic acids is 1. The van der Waals surface area contributed by atoms with Crippen LogP contribution in [0.1, 0.15) is 24.0 Å². The average Bonchev–Trinajstić information content (AvgIpc) is 2.55. The first-order valence-corrected chi connectivity index (χ1v) is 7.54. The lowest BCUT2D eigenvalue weighted by molar-refractivity contribution is 0.240. The Bertz CT molecular complexity index is 569. The highest BCUT2D eigenvalue weighted by molar-refractivity contribution is 5.73. The first-order valence-electron chi connectivity index (χ1n) is 7.54. The molecule has 0 heterocycles. The summed E-state index contributed by atoms with van der Waals surface area (Å²) in [6.45, 7) is 1.05. The number of amides is 2. The van der Waals surface area contributed by atoms with Crippen LogP contribution in [0.5, 0.6) is 0 Å². The number of hydrogen-bond donors (Lipinski definition) is 2. The van der Waals surface area contributed by atoms with Gasteiger partial charge in [-0.15, -0.1) is 0 Å². The highest BCUT2D eigenvalue weighted by atomic mass is 19.1. The van der Waals surface area contributed by atoms with Crippen LogP contribution in [-0.2, 0) is 13.0 Å². The zero-order valence-electron chi connectivity index (χ0n) is 12.5. The summed E-state index contributed by atoms with van der Waals surface area (Å²) >= 11 is 0. The van der Waals surface area contributed by atoms with Gasteiger partial charge in [0, 0.05) is 13.1 Å². The van der Waals surface area contributed by atoms with E-state index in [-0.39, 0.29) is 11.8 Å². The smallest absolute Gasteiger partial charge is 0.315 e. The number of rotatable bonds is 7. The number of urea groups is 1. The maximum absolute atomic E-state index is 12.7. The molecule has 0 saturated heterocycles. The van der Waals surface area contributed by atoms with Crippen molar-refractivity contribution in [2.75, 3.05) is 6.54 Å². The summed E-state index contributed by atoms with van der Waals surface area (Å²) in [6, 6.07) is 16.2. The maximum atomic E-state index is 12.7. The van der Waals surface area contributed by atoms with Gasteiger partial charge in [-0.1, -0.05) is 42.5 Å². The Hall–Kier alpha value is -2.36. The monoisotopic (exact) mass is 300 g/mol. The second-order valence-electron chi connectivity index (χ2n) is 5.18. The minimum atomic E-state index is -0.272. The van der Waals surface area contributed by atoms with Crippen LogP contribution in [0.15, 0.2) is 54.6 Å². The summed E-state index contributed by atoms with van der Waals surface area (Å²) in [6.07, 6.45) is 3.01. The molecule has 2 N–H and O–H groups in total. The molecule has 2 aromatic carbocycles. The van der Waals surface area contributed by atoms with E-state index in [1.165, 1.54) is 17.7 Å². The van der Waals surface area contributed by atoms with E-state index in [1.54, 1.807) is 12.1 Å². The van der Waals surface area contributed by atoms with Gasteiger partial charge in [0.1, 0.15) is 5.82 Å². The molecular weight excluding hydrogens is 279 g/mol. The molecule has 2 amide bonds. The van der Waals surface area contributed by atoms with Crippen molar-refractivity contribution < 1.29 is 9.18 Å². The lowest BCUT2D eigenvalue weighted by Gasteiger charge is -2.08. The largest absolute Gasteiger partial charge is 0.338 e. The van der Waals surface area contributed by atoms with E-state index in [4.69, 9.17) is 0 Å². The zero-order valence-corrected chi connectivity index (χ0v) is 12.5. The van der Waals surface area contributed by atoms with Gasteiger partial charge < -0.3 is 10.6 Å². The van der Waals surface area contributed by atoms with E-state index in [9.17, 15) is 9.18 Å².